The van der Waals surface area contributed by atoms with Crippen molar-refractivity contribution in [2.75, 3.05) is 7.11 Å². The molecule has 0 aliphatic heterocycles. The van der Waals surface area contributed by atoms with Crippen LogP contribution >= 0.6 is 0 Å². The maximum atomic E-state index is 13.9. The highest BCUT2D eigenvalue weighted by Gasteiger charge is 2.15. The lowest BCUT2D eigenvalue weighted by Gasteiger charge is -2.01. The van der Waals surface area contributed by atoms with E-state index < -0.39 is 0 Å². The smallest absolute Gasteiger partial charge is 0.180 e. The molecule has 0 radical (unpaired) electrons. The lowest BCUT2D eigenvalue weighted by atomic mass is 10.1. The largest absolute Gasteiger partial charge is 0.493 e. The molecule has 3 nitrogen and oxygen atoms in total. The Morgan fingerprint density at radius 1 is 1.16 bits per heavy atom. The number of rotatable bonds is 2. The van der Waals surface area contributed by atoms with Crippen molar-refractivity contribution in [3.8, 4) is 17.0 Å². The first-order chi connectivity index (χ1) is 9.22. The highest BCUT2D eigenvalue weighted by atomic mass is 19.1. The average Bonchev–Trinajstić information content (AvgIpc) is 2.77. The van der Waals surface area contributed by atoms with Crippen LogP contribution in [0.5, 0.6) is 5.75 Å². The first-order valence-corrected chi connectivity index (χ1v) is 5.99. The summed E-state index contributed by atoms with van der Waals surface area (Å²) in [6, 6.07) is 10.4. The number of aryl methyl sites for hydroxylation is 1. The van der Waals surface area contributed by atoms with Crippen LogP contribution in [0.15, 0.2) is 42.6 Å². The molecule has 4 heteroatoms. The van der Waals surface area contributed by atoms with Gasteiger partial charge < -0.3 is 9.14 Å². The van der Waals surface area contributed by atoms with Gasteiger partial charge in [0.25, 0.3) is 0 Å². The van der Waals surface area contributed by atoms with Crippen molar-refractivity contribution in [3.63, 3.8) is 0 Å². The molecule has 3 rings (SSSR count). The summed E-state index contributed by atoms with van der Waals surface area (Å²) >= 11 is 0. The third kappa shape index (κ3) is 1.76. The summed E-state index contributed by atoms with van der Waals surface area (Å²) in [5.74, 6) is 0.404. The van der Waals surface area contributed by atoms with Crippen molar-refractivity contribution < 1.29 is 9.13 Å². The van der Waals surface area contributed by atoms with Gasteiger partial charge in [0.2, 0.25) is 0 Å². The van der Waals surface area contributed by atoms with Crippen LogP contribution in [0.3, 0.4) is 0 Å². The monoisotopic (exact) mass is 256 g/mol. The number of hydrogen-bond donors (Lipinski definition) is 0. The number of nitrogens with zero attached hydrogens (tertiary/aromatic N) is 2. The standard InChI is InChI=1S/C15H13FN2O/c1-10-14(11-6-3-4-7-12(11)16)17-15-13(19-2)8-5-9-18(10)15/h3-9H,1-2H3. The zero-order chi connectivity index (χ0) is 13.4. The Labute approximate surface area is 110 Å². The molecule has 0 saturated carbocycles. The Kier molecular flexibility index (Phi) is 2.71. The molecule has 0 N–H and O–H groups in total. The van der Waals surface area contributed by atoms with Crippen molar-refractivity contribution in [3.05, 3.63) is 54.1 Å². The first-order valence-electron chi connectivity index (χ1n) is 5.99. The van der Waals surface area contributed by atoms with Crippen molar-refractivity contribution in [2.45, 2.75) is 6.92 Å². The molecule has 2 aromatic heterocycles. The number of imidazole rings is 1. The summed E-state index contributed by atoms with van der Waals surface area (Å²) < 4.78 is 21.1. The fourth-order valence-electron chi connectivity index (χ4n) is 2.23. The molecule has 3 aromatic rings. The molecule has 0 bridgehead atoms. The molecule has 0 unspecified atom stereocenters. The number of halogens is 1. The van der Waals surface area contributed by atoms with Gasteiger partial charge in [-0.2, -0.15) is 0 Å². The quantitative estimate of drug-likeness (QED) is 0.702. The molecule has 2 heterocycles. The van der Waals surface area contributed by atoms with E-state index in [-0.39, 0.29) is 5.82 Å². The number of hydrogen-bond acceptors (Lipinski definition) is 2. The summed E-state index contributed by atoms with van der Waals surface area (Å²) in [4.78, 5) is 4.51. The Hall–Kier alpha value is -2.36. The van der Waals surface area contributed by atoms with Gasteiger partial charge in [0, 0.05) is 17.5 Å². The van der Waals surface area contributed by atoms with Crippen LogP contribution < -0.4 is 4.74 Å². The SMILES string of the molecule is COc1cccn2c(C)c(-c3ccccc3F)nc12. The number of methoxy groups -OCH3 is 1. The number of benzene rings is 1. The second-order valence-electron chi connectivity index (χ2n) is 4.30. The molecule has 0 amide bonds. The van der Waals surface area contributed by atoms with Crippen molar-refractivity contribution >= 4 is 5.65 Å². The predicted octanol–water partition coefficient (Wildman–Crippen LogP) is 3.46. The van der Waals surface area contributed by atoms with Crippen molar-refractivity contribution in [1.29, 1.82) is 0 Å². The van der Waals surface area contributed by atoms with E-state index in [4.69, 9.17) is 4.74 Å². The first kappa shape index (κ1) is 11.7. The molecular formula is C15H13FN2O. The molecular weight excluding hydrogens is 243 g/mol. The molecule has 96 valence electrons. The zero-order valence-corrected chi connectivity index (χ0v) is 10.7. The van der Waals surface area contributed by atoms with Gasteiger partial charge in [0.1, 0.15) is 5.82 Å². The van der Waals surface area contributed by atoms with E-state index in [1.807, 2.05) is 29.7 Å². The molecule has 0 aliphatic rings. The normalized spacial score (nSPS) is 10.9. The number of ether oxygens (including phenoxy) is 1. The maximum absolute atomic E-state index is 13.9. The maximum Gasteiger partial charge on any atom is 0.180 e. The lowest BCUT2D eigenvalue weighted by Crippen LogP contribution is -1.91. The van der Waals surface area contributed by atoms with Gasteiger partial charge in [-0.3, -0.25) is 0 Å². The highest BCUT2D eigenvalue weighted by Crippen LogP contribution is 2.29. The van der Waals surface area contributed by atoms with Crippen molar-refractivity contribution in [2.24, 2.45) is 0 Å². The van der Waals surface area contributed by atoms with Gasteiger partial charge in [-0.1, -0.05) is 12.1 Å². The molecule has 0 aliphatic carbocycles. The zero-order valence-electron chi connectivity index (χ0n) is 10.7. The van der Waals surface area contributed by atoms with Gasteiger partial charge in [0.05, 0.1) is 12.8 Å². The van der Waals surface area contributed by atoms with Crippen molar-refractivity contribution in [1.82, 2.24) is 9.38 Å². The lowest BCUT2D eigenvalue weighted by molar-refractivity contribution is 0.417. The second kappa shape index (κ2) is 4.39. The van der Waals surface area contributed by atoms with Gasteiger partial charge >= 0.3 is 0 Å². The molecule has 1 aromatic carbocycles. The summed E-state index contributed by atoms with van der Waals surface area (Å²) in [6.45, 7) is 1.92. The third-order valence-electron chi connectivity index (χ3n) is 3.20. The van der Waals surface area contributed by atoms with Gasteiger partial charge in [-0.25, -0.2) is 9.37 Å². The molecule has 19 heavy (non-hydrogen) atoms. The van der Waals surface area contributed by atoms with Crippen LogP contribution in [0.25, 0.3) is 16.9 Å². The van der Waals surface area contributed by atoms with Crippen LogP contribution in [0.4, 0.5) is 4.39 Å². The predicted molar refractivity (Wildman–Crippen MR) is 71.9 cm³/mol. The summed E-state index contributed by atoms with van der Waals surface area (Å²) in [5, 5.41) is 0. The minimum absolute atomic E-state index is 0.270. The Balaban J connectivity index is 2.32. The minimum Gasteiger partial charge on any atom is -0.493 e. The minimum atomic E-state index is -0.270. The summed E-state index contributed by atoms with van der Waals surface area (Å²) in [7, 11) is 1.60. The Morgan fingerprint density at radius 3 is 2.68 bits per heavy atom. The number of aromatic nitrogens is 2. The van der Waals surface area contributed by atoms with Crippen LogP contribution in [0.1, 0.15) is 5.69 Å². The van der Waals surface area contributed by atoms with E-state index in [1.54, 1.807) is 25.3 Å². The Bertz CT molecular complexity index is 749. The van der Waals surface area contributed by atoms with Gasteiger partial charge in [-0.05, 0) is 31.2 Å². The second-order valence-corrected chi connectivity index (χ2v) is 4.30. The topological polar surface area (TPSA) is 26.5 Å². The van der Waals surface area contributed by atoms with E-state index in [1.165, 1.54) is 6.07 Å². The molecule has 0 fully saturated rings. The average molecular weight is 256 g/mol. The molecule has 0 atom stereocenters. The van der Waals surface area contributed by atoms with E-state index in [9.17, 15) is 4.39 Å². The molecule has 0 spiro atoms. The summed E-state index contributed by atoms with van der Waals surface area (Å²) in [5.41, 5.74) is 2.73. The van der Waals surface area contributed by atoms with E-state index in [0.717, 1.165) is 5.69 Å². The van der Waals surface area contributed by atoms with Crippen LogP contribution in [-0.2, 0) is 0 Å². The Morgan fingerprint density at radius 2 is 1.95 bits per heavy atom. The fraction of sp³-hybridized carbons (Fsp3) is 0.133. The fourth-order valence-corrected chi connectivity index (χ4v) is 2.23. The van der Waals surface area contributed by atoms with E-state index in [2.05, 4.69) is 4.98 Å². The van der Waals surface area contributed by atoms with Crippen LogP contribution in [0.2, 0.25) is 0 Å². The summed E-state index contributed by atoms with van der Waals surface area (Å²) in [6.07, 6.45) is 1.89. The molecule has 0 saturated heterocycles. The van der Waals surface area contributed by atoms with Gasteiger partial charge in [0.15, 0.2) is 11.4 Å². The van der Waals surface area contributed by atoms with Crippen LogP contribution in [0, 0.1) is 12.7 Å². The van der Waals surface area contributed by atoms with Gasteiger partial charge in [-0.15, -0.1) is 0 Å². The van der Waals surface area contributed by atoms with E-state index >= 15 is 0 Å². The van der Waals surface area contributed by atoms with Crippen LogP contribution in [-0.4, -0.2) is 16.5 Å². The number of pyridine rings is 1. The third-order valence-corrected chi connectivity index (χ3v) is 3.20. The highest BCUT2D eigenvalue weighted by molar-refractivity contribution is 5.69. The van der Waals surface area contributed by atoms with E-state index in [0.29, 0.717) is 22.7 Å². The number of fused-ring (bicyclic) bond motifs is 1.